The largest absolute Gasteiger partial charge is 0.493 e. The van der Waals surface area contributed by atoms with E-state index in [2.05, 4.69) is 22.4 Å². The van der Waals surface area contributed by atoms with E-state index in [0.717, 1.165) is 24.3 Å². The van der Waals surface area contributed by atoms with Gasteiger partial charge in [-0.05, 0) is 30.7 Å². The van der Waals surface area contributed by atoms with Gasteiger partial charge in [0.2, 0.25) is 11.0 Å². The van der Waals surface area contributed by atoms with Crippen LogP contribution in [0.2, 0.25) is 0 Å². The number of halogens is 1. The van der Waals surface area contributed by atoms with Crippen molar-refractivity contribution in [2.45, 2.75) is 32.6 Å². The van der Waals surface area contributed by atoms with Crippen molar-refractivity contribution < 1.29 is 13.9 Å². The van der Waals surface area contributed by atoms with Crippen LogP contribution in [0.5, 0.6) is 5.75 Å². The summed E-state index contributed by atoms with van der Waals surface area (Å²) in [4.78, 5) is 11.8. The number of aryl methyl sites for hydroxylation is 1. The molecule has 0 unspecified atom stereocenters. The molecule has 1 heterocycles. The molecule has 0 bridgehead atoms. The van der Waals surface area contributed by atoms with E-state index in [1.807, 2.05) is 0 Å². The maximum atomic E-state index is 12.7. The Morgan fingerprint density at radius 2 is 2.09 bits per heavy atom. The number of unbranched alkanes of at least 4 members (excludes halogenated alkanes) is 1. The molecule has 1 aromatic heterocycles. The highest BCUT2D eigenvalue weighted by atomic mass is 32.1. The van der Waals surface area contributed by atoms with Crippen molar-refractivity contribution in [3.05, 3.63) is 35.1 Å². The minimum absolute atomic E-state index is 0.180. The van der Waals surface area contributed by atoms with Crippen molar-refractivity contribution in [2.75, 3.05) is 11.9 Å². The Labute approximate surface area is 132 Å². The molecular weight excluding hydrogens is 305 g/mol. The monoisotopic (exact) mass is 323 g/mol. The lowest BCUT2D eigenvalue weighted by molar-refractivity contribution is -0.116. The van der Waals surface area contributed by atoms with E-state index in [4.69, 9.17) is 4.74 Å². The summed E-state index contributed by atoms with van der Waals surface area (Å²) in [5.41, 5.74) is 0. The van der Waals surface area contributed by atoms with E-state index >= 15 is 0 Å². The number of carbonyl (C=O) groups is 1. The van der Waals surface area contributed by atoms with Crippen LogP contribution in [0.15, 0.2) is 24.3 Å². The molecular formula is C15H18FN3O2S. The van der Waals surface area contributed by atoms with Crippen molar-refractivity contribution in [1.29, 1.82) is 0 Å². The van der Waals surface area contributed by atoms with Gasteiger partial charge in [-0.25, -0.2) is 4.39 Å². The maximum Gasteiger partial charge on any atom is 0.229 e. The molecule has 22 heavy (non-hydrogen) atoms. The molecule has 0 atom stereocenters. The molecule has 0 aliphatic rings. The van der Waals surface area contributed by atoms with Gasteiger partial charge in [0.05, 0.1) is 13.0 Å². The molecule has 0 aliphatic heterocycles. The van der Waals surface area contributed by atoms with Crippen LogP contribution in [0.3, 0.4) is 0 Å². The lowest BCUT2D eigenvalue weighted by Crippen LogP contribution is -2.15. The second kappa shape index (κ2) is 8.43. The van der Waals surface area contributed by atoms with E-state index in [-0.39, 0.29) is 24.8 Å². The summed E-state index contributed by atoms with van der Waals surface area (Å²) in [7, 11) is 0. The predicted molar refractivity (Wildman–Crippen MR) is 83.7 cm³/mol. The molecule has 1 aromatic carbocycles. The second-order valence-corrected chi connectivity index (χ2v) is 5.77. The Bertz CT molecular complexity index is 601. The SMILES string of the molecule is CCCCc1nnc(NC(=O)CCOc2ccc(F)cc2)s1. The lowest BCUT2D eigenvalue weighted by atomic mass is 10.3. The Balaban J connectivity index is 1.71. The average molecular weight is 323 g/mol. The third kappa shape index (κ3) is 5.40. The average Bonchev–Trinajstić information content (AvgIpc) is 2.94. The van der Waals surface area contributed by atoms with Gasteiger partial charge in [-0.2, -0.15) is 0 Å². The number of nitrogens with one attached hydrogen (secondary N) is 1. The number of aromatic nitrogens is 2. The maximum absolute atomic E-state index is 12.7. The highest BCUT2D eigenvalue weighted by Gasteiger charge is 2.08. The molecule has 2 aromatic rings. The first-order valence-corrected chi connectivity index (χ1v) is 7.99. The van der Waals surface area contributed by atoms with Gasteiger partial charge in [0, 0.05) is 6.42 Å². The van der Waals surface area contributed by atoms with Crippen molar-refractivity contribution in [3.8, 4) is 5.75 Å². The Kier molecular flexibility index (Phi) is 6.27. The van der Waals surface area contributed by atoms with Gasteiger partial charge in [0.25, 0.3) is 0 Å². The highest BCUT2D eigenvalue weighted by molar-refractivity contribution is 7.15. The molecule has 0 aliphatic carbocycles. The first-order chi connectivity index (χ1) is 10.7. The first-order valence-electron chi connectivity index (χ1n) is 7.18. The smallest absolute Gasteiger partial charge is 0.229 e. The van der Waals surface area contributed by atoms with Crippen molar-refractivity contribution in [2.24, 2.45) is 0 Å². The van der Waals surface area contributed by atoms with Crippen LogP contribution in [0.25, 0.3) is 0 Å². The summed E-state index contributed by atoms with van der Waals surface area (Å²) >= 11 is 1.40. The molecule has 0 saturated carbocycles. The molecule has 0 fully saturated rings. The standard InChI is InChI=1S/C15H18FN3O2S/c1-2-3-4-14-18-19-15(22-14)17-13(20)9-10-21-12-7-5-11(16)6-8-12/h5-8H,2-4,9-10H2,1H3,(H,17,19,20). The number of benzene rings is 1. The fraction of sp³-hybridized carbons (Fsp3) is 0.400. The number of rotatable bonds is 8. The fourth-order valence-electron chi connectivity index (χ4n) is 1.71. The topological polar surface area (TPSA) is 64.1 Å². The molecule has 0 saturated heterocycles. The van der Waals surface area contributed by atoms with E-state index in [1.165, 1.54) is 35.6 Å². The normalized spacial score (nSPS) is 10.5. The molecule has 118 valence electrons. The summed E-state index contributed by atoms with van der Waals surface area (Å²) in [5, 5.41) is 12.1. The number of hydrogen-bond acceptors (Lipinski definition) is 5. The van der Waals surface area contributed by atoms with E-state index in [9.17, 15) is 9.18 Å². The highest BCUT2D eigenvalue weighted by Crippen LogP contribution is 2.17. The van der Waals surface area contributed by atoms with E-state index in [0.29, 0.717) is 10.9 Å². The Morgan fingerprint density at radius 3 is 2.82 bits per heavy atom. The van der Waals surface area contributed by atoms with Crippen LogP contribution in [-0.2, 0) is 11.2 Å². The van der Waals surface area contributed by atoms with E-state index < -0.39 is 0 Å². The van der Waals surface area contributed by atoms with Crippen molar-refractivity contribution in [3.63, 3.8) is 0 Å². The van der Waals surface area contributed by atoms with E-state index in [1.54, 1.807) is 0 Å². The number of amides is 1. The molecule has 0 radical (unpaired) electrons. The zero-order valence-electron chi connectivity index (χ0n) is 12.3. The van der Waals surface area contributed by atoms with Gasteiger partial charge in [-0.15, -0.1) is 10.2 Å². The zero-order valence-corrected chi connectivity index (χ0v) is 13.2. The third-order valence-electron chi connectivity index (χ3n) is 2.87. The van der Waals surface area contributed by atoms with Crippen molar-refractivity contribution >= 4 is 22.4 Å². The van der Waals surface area contributed by atoms with Gasteiger partial charge < -0.3 is 10.1 Å². The molecule has 2 rings (SSSR count). The van der Waals surface area contributed by atoms with Crippen LogP contribution in [0.1, 0.15) is 31.2 Å². The second-order valence-electron chi connectivity index (χ2n) is 4.71. The zero-order chi connectivity index (χ0) is 15.8. The predicted octanol–water partition coefficient (Wildman–Crippen LogP) is 3.43. The molecule has 1 amide bonds. The van der Waals surface area contributed by atoms with Crippen LogP contribution in [0.4, 0.5) is 9.52 Å². The Morgan fingerprint density at radius 1 is 1.32 bits per heavy atom. The summed E-state index contributed by atoms with van der Waals surface area (Å²) < 4.78 is 18.1. The summed E-state index contributed by atoms with van der Waals surface area (Å²) in [5.74, 6) is 0.0347. The summed E-state index contributed by atoms with van der Waals surface area (Å²) in [6.07, 6.45) is 3.25. The molecule has 5 nitrogen and oxygen atoms in total. The van der Waals surface area contributed by atoms with Gasteiger partial charge >= 0.3 is 0 Å². The first kappa shape index (κ1) is 16.4. The molecule has 7 heteroatoms. The Hall–Kier alpha value is -2.02. The minimum Gasteiger partial charge on any atom is -0.493 e. The number of anilines is 1. The molecule has 0 spiro atoms. The number of carbonyl (C=O) groups excluding carboxylic acids is 1. The van der Waals surface area contributed by atoms with Crippen LogP contribution in [-0.4, -0.2) is 22.7 Å². The fourth-order valence-corrected chi connectivity index (χ4v) is 2.51. The minimum atomic E-state index is -0.319. The number of ether oxygens (including phenoxy) is 1. The van der Waals surface area contributed by atoms with Gasteiger partial charge in [-0.1, -0.05) is 24.7 Å². The lowest BCUT2D eigenvalue weighted by Gasteiger charge is -2.05. The third-order valence-corrected chi connectivity index (χ3v) is 3.77. The van der Waals surface area contributed by atoms with Crippen LogP contribution in [0, 0.1) is 5.82 Å². The summed E-state index contributed by atoms with van der Waals surface area (Å²) in [6.45, 7) is 2.34. The summed E-state index contributed by atoms with van der Waals surface area (Å²) in [6, 6.07) is 5.68. The van der Waals surface area contributed by atoms with Gasteiger partial charge in [0.1, 0.15) is 16.6 Å². The van der Waals surface area contributed by atoms with Crippen LogP contribution < -0.4 is 10.1 Å². The number of hydrogen-bond donors (Lipinski definition) is 1. The quantitative estimate of drug-likeness (QED) is 0.808. The van der Waals surface area contributed by atoms with Gasteiger partial charge in [-0.3, -0.25) is 4.79 Å². The van der Waals surface area contributed by atoms with Crippen molar-refractivity contribution in [1.82, 2.24) is 10.2 Å². The molecule has 1 N–H and O–H groups in total. The van der Waals surface area contributed by atoms with Crippen LogP contribution >= 0.6 is 11.3 Å². The number of nitrogens with zero attached hydrogens (tertiary/aromatic N) is 2. The van der Waals surface area contributed by atoms with Gasteiger partial charge in [0.15, 0.2) is 0 Å².